The number of carboxylic acid groups (broad SMARTS) is 1. The topological polar surface area (TPSA) is 70.1 Å². The molecule has 2 aliphatic rings. The van der Waals surface area contributed by atoms with Crippen molar-refractivity contribution in [2.75, 3.05) is 39.3 Å². The molecule has 20 heavy (non-hydrogen) atoms. The lowest BCUT2D eigenvalue weighted by Crippen LogP contribution is -2.42. The number of hydrogen-bond acceptors (Lipinski definition) is 4. The largest absolute Gasteiger partial charge is 0.481 e. The molecule has 114 valence electrons. The fraction of sp³-hybridized carbons (Fsp3) is 0.857. The molecule has 6 nitrogen and oxygen atoms in total. The summed E-state index contributed by atoms with van der Waals surface area (Å²) in [5.41, 5.74) is 0. The van der Waals surface area contributed by atoms with E-state index in [1.165, 1.54) is 0 Å². The summed E-state index contributed by atoms with van der Waals surface area (Å²) in [7, 11) is 0. The fourth-order valence-electron chi connectivity index (χ4n) is 2.82. The van der Waals surface area contributed by atoms with Crippen LogP contribution in [-0.2, 0) is 14.3 Å². The molecule has 6 heteroatoms. The molecule has 0 aromatic rings. The zero-order valence-electron chi connectivity index (χ0n) is 11.9. The van der Waals surface area contributed by atoms with Gasteiger partial charge in [0.2, 0.25) is 5.91 Å². The lowest BCUT2D eigenvalue weighted by atomic mass is 10.2. The first-order valence-electron chi connectivity index (χ1n) is 7.48. The van der Waals surface area contributed by atoms with Gasteiger partial charge in [-0.3, -0.25) is 14.5 Å². The van der Waals surface area contributed by atoms with Gasteiger partial charge in [0.15, 0.2) is 0 Å². The molecule has 1 N–H and O–H groups in total. The average molecular weight is 284 g/mol. The van der Waals surface area contributed by atoms with E-state index in [0.717, 1.165) is 45.4 Å². The Morgan fingerprint density at radius 2 is 2.00 bits per heavy atom. The minimum atomic E-state index is -0.823. The van der Waals surface area contributed by atoms with Gasteiger partial charge in [0.1, 0.15) is 0 Å². The third-order valence-electron chi connectivity index (χ3n) is 3.95. The SMILES string of the molecule is O=C(O)CCN(CC(=O)N1CCCC1)CC1CCCO1. The quantitative estimate of drug-likeness (QED) is 0.740. The van der Waals surface area contributed by atoms with E-state index in [1.807, 2.05) is 9.80 Å². The third kappa shape index (κ3) is 4.76. The molecule has 2 saturated heterocycles. The van der Waals surface area contributed by atoms with Crippen LogP contribution in [0.4, 0.5) is 0 Å². The van der Waals surface area contributed by atoms with E-state index in [0.29, 0.717) is 19.6 Å². The van der Waals surface area contributed by atoms with E-state index in [2.05, 4.69) is 0 Å². The maximum Gasteiger partial charge on any atom is 0.304 e. The number of carbonyl (C=O) groups excluding carboxylic acids is 1. The van der Waals surface area contributed by atoms with Gasteiger partial charge in [-0.2, -0.15) is 0 Å². The van der Waals surface area contributed by atoms with Gasteiger partial charge in [-0.15, -0.1) is 0 Å². The van der Waals surface area contributed by atoms with Crippen molar-refractivity contribution in [3.8, 4) is 0 Å². The molecular weight excluding hydrogens is 260 g/mol. The Morgan fingerprint density at radius 1 is 1.25 bits per heavy atom. The second kappa shape index (κ2) is 7.59. The van der Waals surface area contributed by atoms with Crippen LogP contribution >= 0.6 is 0 Å². The Morgan fingerprint density at radius 3 is 2.60 bits per heavy atom. The van der Waals surface area contributed by atoms with Crippen molar-refractivity contribution in [2.45, 2.75) is 38.2 Å². The van der Waals surface area contributed by atoms with E-state index in [9.17, 15) is 9.59 Å². The maximum atomic E-state index is 12.2. The zero-order chi connectivity index (χ0) is 14.4. The van der Waals surface area contributed by atoms with Gasteiger partial charge in [-0.05, 0) is 25.7 Å². The first kappa shape index (κ1) is 15.3. The van der Waals surface area contributed by atoms with Gasteiger partial charge >= 0.3 is 5.97 Å². The molecule has 0 aliphatic carbocycles. The summed E-state index contributed by atoms with van der Waals surface area (Å²) in [4.78, 5) is 26.7. The lowest BCUT2D eigenvalue weighted by molar-refractivity contribution is -0.138. The lowest BCUT2D eigenvalue weighted by Gasteiger charge is -2.26. The number of ether oxygens (including phenoxy) is 1. The summed E-state index contributed by atoms with van der Waals surface area (Å²) >= 11 is 0. The van der Waals surface area contributed by atoms with Gasteiger partial charge in [0.25, 0.3) is 0 Å². The molecule has 2 heterocycles. The maximum absolute atomic E-state index is 12.2. The molecule has 2 aliphatic heterocycles. The molecule has 0 radical (unpaired) electrons. The van der Waals surface area contributed by atoms with E-state index < -0.39 is 5.97 Å². The highest BCUT2D eigenvalue weighted by atomic mass is 16.5. The monoisotopic (exact) mass is 284 g/mol. The van der Waals surface area contributed by atoms with Crippen molar-refractivity contribution >= 4 is 11.9 Å². The van der Waals surface area contributed by atoms with Gasteiger partial charge in [-0.25, -0.2) is 0 Å². The Bertz CT molecular complexity index is 336. The van der Waals surface area contributed by atoms with Crippen LogP contribution in [0.15, 0.2) is 0 Å². The van der Waals surface area contributed by atoms with E-state index in [4.69, 9.17) is 9.84 Å². The van der Waals surface area contributed by atoms with Gasteiger partial charge in [-0.1, -0.05) is 0 Å². The summed E-state index contributed by atoms with van der Waals surface area (Å²) in [6.45, 7) is 3.84. The fourth-order valence-corrected chi connectivity index (χ4v) is 2.82. The van der Waals surface area contributed by atoms with Crippen molar-refractivity contribution < 1.29 is 19.4 Å². The summed E-state index contributed by atoms with van der Waals surface area (Å²) in [5, 5.41) is 8.82. The second-order valence-corrected chi connectivity index (χ2v) is 5.60. The van der Waals surface area contributed by atoms with Gasteiger partial charge < -0.3 is 14.7 Å². The highest BCUT2D eigenvalue weighted by molar-refractivity contribution is 5.78. The molecule has 1 unspecified atom stereocenters. The van der Waals surface area contributed by atoms with Crippen molar-refractivity contribution in [2.24, 2.45) is 0 Å². The van der Waals surface area contributed by atoms with Crippen molar-refractivity contribution in [3.63, 3.8) is 0 Å². The van der Waals surface area contributed by atoms with Crippen LogP contribution in [0.5, 0.6) is 0 Å². The number of rotatable bonds is 7. The average Bonchev–Trinajstić information content (AvgIpc) is 3.08. The molecule has 0 aromatic carbocycles. The van der Waals surface area contributed by atoms with Crippen LogP contribution in [0.3, 0.4) is 0 Å². The van der Waals surface area contributed by atoms with Crippen LogP contribution in [0.2, 0.25) is 0 Å². The van der Waals surface area contributed by atoms with Crippen LogP contribution in [-0.4, -0.2) is 72.2 Å². The van der Waals surface area contributed by atoms with Gasteiger partial charge in [0.05, 0.1) is 19.1 Å². The van der Waals surface area contributed by atoms with Crippen LogP contribution in [0.25, 0.3) is 0 Å². The number of amides is 1. The van der Waals surface area contributed by atoms with E-state index in [1.54, 1.807) is 0 Å². The Kier molecular flexibility index (Phi) is 5.79. The summed E-state index contributed by atoms with van der Waals surface area (Å²) in [6.07, 6.45) is 4.42. The first-order chi connectivity index (χ1) is 9.65. The second-order valence-electron chi connectivity index (χ2n) is 5.60. The number of likely N-dealkylation sites (tertiary alicyclic amines) is 1. The van der Waals surface area contributed by atoms with Crippen molar-refractivity contribution in [1.29, 1.82) is 0 Å². The molecule has 2 rings (SSSR count). The summed E-state index contributed by atoms with van der Waals surface area (Å²) in [6, 6.07) is 0. The molecule has 1 atom stereocenters. The van der Waals surface area contributed by atoms with E-state index in [-0.39, 0.29) is 18.4 Å². The Hall–Kier alpha value is -1.14. The van der Waals surface area contributed by atoms with Crippen LogP contribution < -0.4 is 0 Å². The molecule has 0 spiro atoms. The van der Waals surface area contributed by atoms with Crippen LogP contribution in [0.1, 0.15) is 32.1 Å². The highest BCUT2D eigenvalue weighted by Gasteiger charge is 2.24. The van der Waals surface area contributed by atoms with E-state index >= 15 is 0 Å². The smallest absolute Gasteiger partial charge is 0.304 e. The highest BCUT2D eigenvalue weighted by Crippen LogP contribution is 2.14. The third-order valence-corrected chi connectivity index (χ3v) is 3.95. The predicted octanol–water partition coefficient (Wildman–Crippen LogP) is 0.564. The van der Waals surface area contributed by atoms with Crippen molar-refractivity contribution in [1.82, 2.24) is 9.80 Å². The number of carbonyl (C=O) groups is 2. The molecule has 1 amide bonds. The van der Waals surface area contributed by atoms with Crippen LogP contribution in [0, 0.1) is 0 Å². The minimum absolute atomic E-state index is 0.0694. The first-order valence-corrected chi connectivity index (χ1v) is 7.48. The molecular formula is C14H24N2O4. The molecule has 2 fully saturated rings. The predicted molar refractivity (Wildman–Crippen MR) is 73.5 cm³/mol. The summed E-state index contributed by atoms with van der Waals surface area (Å²) in [5.74, 6) is -0.707. The van der Waals surface area contributed by atoms with Gasteiger partial charge in [0, 0.05) is 32.8 Å². The zero-order valence-corrected chi connectivity index (χ0v) is 11.9. The minimum Gasteiger partial charge on any atom is -0.481 e. The Balaban J connectivity index is 1.82. The number of nitrogens with zero attached hydrogens (tertiary/aromatic N) is 2. The Labute approximate surface area is 119 Å². The molecule has 0 aromatic heterocycles. The number of aliphatic carboxylic acids is 1. The summed E-state index contributed by atoms with van der Waals surface area (Å²) < 4.78 is 5.58. The number of hydrogen-bond donors (Lipinski definition) is 1. The normalized spacial score (nSPS) is 22.6. The standard InChI is InChI=1S/C14H24N2O4/c17-13(16-6-1-2-7-16)11-15(8-5-14(18)19)10-12-4-3-9-20-12/h12H,1-11H2,(H,18,19). The number of carboxylic acids is 1. The van der Waals surface area contributed by atoms with Crippen molar-refractivity contribution in [3.05, 3.63) is 0 Å². The molecule has 0 saturated carbocycles. The molecule has 0 bridgehead atoms.